The minimum Gasteiger partial charge on any atom is -0.308 e. The molecule has 1 aliphatic heterocycles. The number of carbonyl (C=O) groups excluding carboxylic acids is 1. The highest BCUT2D eigenvalue weighted by Gasteiger charge is 2.26. The third kappa shape index (κ3) is 2.98. The van der Waals surface area contributed by atoms with Crippen LogP contribution in [0, 0.1) is 6.92 Å². The lowest BCUT2D eigenvalue weighted by Gasteiger charge is -2.18. The first-order chi connectivity index (χ1) is 12.1. The molecule has 0 N–H and O–H groups in total. The van der Waals surface area contributed by atoms with Crippen molar-refractivity contribution < 1.29 is 4.79 Å². The van der Waals surface area contributed by atoms with E-state index in [9.17, 15) is 4.79 Å². The van der Waals surface area contributed by atoms with E-state index < -0.39 is 0 Å². The van der Waals surface area contributed by atoms with Crippen molar-refractivity contribution in [1.82, 2.24) is 4.98 Å². The van der Waals surface area contributed by atoms with Crippen molar-refractivity contribution in [2.75, 3.05) is 11.4 Å². The van der Waals surface area contributed by atoms with Gasteiger partial charge in [0.2, 0.25) is 0 Å². The van der Waals surface area contributed by atoms with Crippen molar-refractivity contribution in [2.45, 2.75) is 13.3 Å². The smallest absolute Gasteiger partial charge is 0.260 e. The van der Waals surface area contributed by atoms with E-state index in [-0.39, 0.29) is 5.91 Å². The molecule has 0 spiro atoms. The first-order valence-corrected chi connectivity index (χ1v) is 9.06. The molecule has 2 aromatic carbocycles. The molecule has 0 bridgehead atoms. The number of hydrogen-bond donors (Lipinski definition) is 0. The van der Waals surface area contributed by atoms with E-state index in [0.717, 1.165) is 40.1 Å². The minimum absolute atomic E-state index is 0.0238. The van der Waals surface area contributed by atoms with Gasteiger partial charge in [0.05, 0.1) is 17.0 Å². The number of benzene rings is 2. The lowest BCUT2D eigenvalue weighted by atomic mass is 10.1. The number of hydrogen-bond acceptors (Lipinski definition) is 2. The van der Waals surface area contributed by atoms with Gasteiger partial charge >= 0.3 is 0 Å². The summed E-state index contributed by atoms with van der Waals surface area (Å²) in [4.78, 5) is 19.5. The molecule has 0 unspecified atom stereocenters. The summed E-state index contributed by atoms with van der Waals surface area (Å²) >= 11 is 3.49. The van der Waals surface area contributed by atoms with Crippen LogP contribution in [0.2, 0.25) is 0 Å². The monoisotopic (exact) mass is 392 g/mol. The summed E-state index contributed by atoms with van der Waals surface area (Å²) in [6.07, 6.45) is 0.907. The predicted octanol–water partition coefficient (Wildman–Crippen LogP) is 5.02. The second kappa shape index (κ2) is 6.45. The fourth-order valence-corrected chi connectivity index (χ4v) is 3.69. The molecule has 124 valence electrons. The second-order valence-electron chi connectivity index (χ2n) is 6.18. The molecule has 0 radical (unpaired) electrons. The SMILES string of the molecule is Cc1nc(-c2cccc(Br)c2)ccc1C(=O)N1CCc2ccccc21. The van der Waals surface area contributed by atoms with Crippen LogP contribution in [0.5, 0.6) is 0 Å². The summed E-state index contributed by atoms with van der Waals surface area (Å²) < 4.78 is 1.01. The molecule has 1 amide bonds. The number of nitrogens with zero attached hydrogens (tertiary/aromatic N) is 2. The molecular formula is C21H17BrN2O. The van der Waals surface area contributed by atoms with Gasteiger partial charge in [-0.1, -0.05) is 46.3 Å². The third-order valence-electron chi connectivity index (χ3n) is 4.57. The lowest BCUT2D eigenvalue weighted by Crippen LogP contribution is -2.29. The third-order valence-corrected chi connectivity index (χ3v) is 5.06. The molecule has 0 fully saturated rings. The highest BCUT2D eigenvalue weighted by atomic mass is 79.9. The quantitative estimate of drug-likeness (QED) is 0.613. The number of carbonyl (C=O) groups is 1. The van der Waals surface area contributed by atoms with E-state index in [1.807, 2.05) is 66.4 Å². The van der Waals surface area contributed by atoms with Crippen LogP contribution in [0.3, 0.4) is 0 Å². The van der Waals surface area contributed by atoms with Crippen LogP contribution in [-0.2, 0) is 6.42 Å². The van der Waals surface area contributed by atoms with Crippen LogP contribution in [0.15, 0.2) is 65.1 Å². The zero-order valence-corrected chi connectivity index (χ0v) is 15.5. The number of anilines is 1. The molecular weight excluding hydrogens is 376 g/mol. The number of amides is 1. The molecule has 3 nitrogen and oxygen atoms in total. The molecule has 3 aromatic rings. The average Bonchev–Trinajstić information content (AvgIpc) is 3.05. The molecule has 0 saturated heterocycles. The first kappa shape index (κ1) is 16.0. The predicted molar refractivity (Wildman–Crippen MR) is 104 cm³/mol. The molecule has 4 rings (SSSR count). The number of pyridine rings is 1. The van der Waals surface area contributed by atoms with E-state index in [1.165, 1.54) is 5.56 Å². The summed E-state index contributed by atoms with van der Waals surface area (Å²) in [7, 11) is 0. The maximum Gasteiger partial charge on any atom is 0.260 e. The average molecular weight is 393 g/mol. The summed E-state index contributed by atoms with van der Waals surface area (Å²) in [5, 5.41) is 0. The van der Waals surface area contributed by atoms with Crippen molar-refractivity contribution in [3.63, 3.8) is 0 Å². The fraction of sp³-hybridized carbons (Fsp3) is 0.143. The molecule has 0 atom stereocenters. The van der Waals surface area contributed by atoms with Gasteiger partial charge < -0.3 is 4.90 Å². The number of halogens is 1. The second-order valence-corrected chi connectivity index (χ2v) is 7.09. The van der Waals surface area contributed by atoms with Gasteiger partial charge in [-0.2, -0.15) is 0 Å². The van der Waals surface area contributed by atoms with Gasteiger partial charge in [0, 0.05) is 22.3 Å². The maximum atomic E-state index is 13.0. The number of fused-ring (bicyclic) bond motifs is 1. The van der Waals surface area contributed by atoms with Crippen LogP contribution in [0.1, 0.15) is 21.6 Å². The highest BCUT2D eigenvalue weighted by Crippen LogP contribution is 2.30. The van der Waals surface area contributed by atoms with Crippen molar-refractivity contribution >= 4 is 27.5 Å². The molecule has 1 aliphatic rings. The Morgan fingerprint density at radius 3 is 2.72 bits per heavy atom. The molecule has 4 heteroatoms. The highest BCUT2D eigenvalue weighted by molar-refractivity contribution is 9.10. The summed E-state index contributed by atoms with van der Waals surface area (Å²) in [6.45, 7) is 2.63. The van der Waals surface area contributed by atoms with Crippen molar-refractivity contribution in [1.29, 1.82) is 0 Å². The topological polar surface area (TPSA) is 33.2 Å². The van der Waals surface area contributed by atoms with E-state index >= 15 is 0 Å². The fourth-order valence-electron chi connectivity index (χ4n) is 3.29. The Bertz CT molecular complexity index is 968. The van der Waals surface area contributed by atoms with E-state index in [4.69, 9.17) is 0 Å². The van der Waals surface area contributed by atoms with Crippen LogP contribution in [0.4, 0.5) is 5.69 Å². The molecule has 0 saturated carbocycles. The summed E-state index contributed by atoms with van der Waals surface area (Å²) in [5.74, 6) is 0.0238. The Hall–Kier alpha value is -2.46. The van der Waals surface area contributed by atoms with Crippen LogP contribution in [-0.4, -0.2) is 17.4 Å². The maximum absolute atomic E-state index is 13.0. The van der Waals surface area contributed by atoms with Gasteiger partial charge in [-0.05, 0) is 49.2 Å². The van der Waals surface area contributed by atoms with Crippen molar-refractivity contribution in [3.8, 4) is 11.3 Å². The number of rotatable bonds is 2. The number of aryl methyl sites for hydroxylation is 1. The lowest BCUT2D eigenvalue weighted by molar-refractivity contribution is 0.0988. The Morgan fingerprint density at radius 2 is 1.92 bits per heavy atom. The normalized spacial score (nSPS) is 13.0. The van der Waals surface area contributed by atoms with Gasteiger partial charge in [-0.3, -0.25) is 9.78 Å². The minimum atomic E-state index is 0.0238. The Balaban J connectivity index is 1.67. The molecule has 1 aromatic heterocycles. The standard InChI is InChI=1S/C21H17BrN2O/c1-14-18(9-10-19(23-14)16-6-4-7-17(22)13-16)21(25)24-12-11-15-5-2-3-8-20(15)24/h2-10,13H,11-12H2,1H3. The van der Waals surface area contributed by atoms with E-state index in [1.54, 1.807) is 0 Å². The molecule has 25 heavy (non-hydrogen) atoms. The largest absolute Gasteiger partial charge is 0.308 e. The van der Waals surface area contributed by atoms with Crippen molar-refractivity contribution in [3.05, 3.63) is 82.0 Å². The number of aromatic nitrogens is 1. The van der Waals surface area contributed by atoms with Crippen LogP contribution >= 0.6 is 15.9 Å². The Kier molecular flexibility index (Phi) is 4.14. The van der Waals surface area contributed by atoms with Gasteiger partial charge in [0.15, 0.2) is 0 Å². The summed E-state index contributed by atoms with van der Waals surface area (Å²) in [6, 6.07) is 19.9. The zero-order chi connectivity index (χ0) is 17.4. The van der Waals surface area contributed by atoms with Gasteiger partial charge in [-0.15, -0.1) is 0 Å². The van der Waals surface area contributed by atoms with E-state index in [2.05, 4.69) is 27.0 Å². The van der Waals surface area contributed by atoms with Crippen LogP contribution < -0.4 is 4.90 Å². The van der Waals surface area contributed by atoms with Crippen LogP contribution in [0.25, 0.3) is 11.3 Å². The molecule has 0 aliphatic carbocycles. The molecule has 2 heterocycles. The van der Waals surface area contributed by atoms with Gasteiger partial charge in [0.25, 0.3) is 5.91 Å². The Labute approximate surface area is 155 Å². The van der Waals surface area contributed by atoms with Gasteiger partial charge in [0.1, 0.15) is 0 Å². The van der Waals surface area contributed by atoms with Crippen molar-refractivity contribution in [2.24, 2.45) is 0 Å². The zero-order valence-electron chi connectivity index (χ0n) is 13.9. The summed E-state index contributed by atoms with van der Waals surface area (Å²) in [5.41, 5.74) is 5.57. The Morgan fingerprint density at radius 1 is 1.08 bits per heavy atom. The first-order valence-electron chi connectivity index (χ1n) is 8.27. The van der Waals surface area contributed by atoms with E-state index in [0.29, 0.717) is 5.56 Å². The number of para-hydroxylation sites is 1. The van der Waals surface area contributed by atoms with Gasteiger partial charge in [-0.25, -0.2) is 0 Å².